The Labute approximate surface area is 98.3 Å². The van der Waals surface area contributed by atoms with Crippen molar-refractivity contribution in [2.45, 2.75) is 12.5 Å². The van der Waals surface area contributed by atoms with Crippen LogP contribution in [-0.2, 0) is 6.42 Å². The minimum Gasteiger partial charge on any atom is -0.388 e. The van der Waals surface area contributed by atoms with Gasteiger partial charge in [0.1, 0.15) is 11.6 Å². The average molecular weight is 234 g/mol. The summed E-state index contributed by atoms with van der Waals surface area (Å²) in [6.07, 6.45) is -0.767. The Balaban J connectivity index is 2.17. The molecular formula is C14H12F2O. The molecule has 0 aliphatic carbocycles. The van der Waals surface area contributed by atoms with Crippen molar-refractivity contribution in [2.24, 2.45) is 0 Å². The van der Waals surface area contributed by atoms with Crippen molar-refractivity contribution < 1.29 is 13.9 Å². The van der Waals surface area contributed by atoms with Gasteiger partial charge >= 0.3 is 0 Å². The first-order chi connectivity index (χ1) is 8.16. The first-order valence-electron chi connectivity index (χ1n) is 5.34. The third-order valence-corrected chi connectivity index (χ3v) is 2.58. The van der Waals surface area contributed by atoms with Crippen molar-refractivity contribution in [1.29, 1.82) is 0 Å². The zero-order valence-electron chi connectivity index (χ0n) is 9.11. The fourth-order valence-electron chi connectivity index (χ4n) is 1.74. The highest BCUT2D eigenvalue weighted by atomic mass is 19.1. The second-order valence-electron chi connectivity index (χ2n) is 3.87. The molecule has 1 unspecified atom stereocenters. The van der Waals surface area contributed by atoms with Gasteiger partial charge in [-0.2, -0.15) is 0 Å². The van der Waals surface area contributed by atoms with E-state index in [2.05, 4.69) is 0 Å². The van der Waals surface area contributed by atoms with Crippen LogP contribution in [0.3, 0.4) is 0 Å². The van der Waals surface area contributed by atoms with E-state index in [0.717, 1.165) is 0 Å². The Bertz CT molecular complexity index is 511. The molecule has 0 aliphatic heterocycles. The normalized spacial score (nSPS) is 12.4. The van der Waals surface area contributed by atoms with Crippen LogP contribution in [0.5, 0.6) is 0 Å². The van der Waals surface area contributed by atoms with E-state index in [4.69, 9.17) is 0 Å². The van der Waals surface area contributed by atoms with Crippen LogP contribution in [0.25, 0.3) is 0 Å². The predicted octanol–water partition coefficient (Wildman–Crippen LogP) is 3.24. The molecular weight excluding hydrogens is 222 g/mol. The number of aliphatic hydroxyl groups excluding tert-OH is 1. The molecule has 3 heteroatoms. The van der Waals surface area contributed by atoms with Crippen LogP contribution in [0, 0.1) is 11.6 Å². The van der Waals surface area contributed by atoms with Crippen molar-refractivity contribution in [3.05, 3.63) is 71.3 Å². The van der Waals surface area contributed by atoms with E-state index in [1.807, 2.05) is 0 Å². The molecule has 0 aromatic heterocycles. The van der Waals surface area contributed by atoms with E-state index in [9.17, 15) is 13.9 Å². The summed E-state index contributed by atoms with van der Waals surface area (Å²) in [7, 11) is 0. The highest BCUT2D eigenvalue weighted by Crippen LogP contribution is 2.21. The smallest absolute Gasteiger partial charge is 0.129 e. The molecule has 0 bridgehead atoms. The van der Waals surface area contributed by atoms with Gasteiger partial charge in [-0.25, -0.2) is 8.78 Å². The molecule has 0 saturated heterocycles. The fourth-order valence-corrected chi connectivity index (χ4v) is 1.74. The summed E-state index contributed by atoms with van der Waals surface area (Å²) in [5, 5.41) is 9.88. The molecule has 0 fully saturated rings. The maximum atomic E-state index is 13.4. The van der Waals surface area contributed by atoms with Crippen LogP contribution in [0.2, 0.25) is 0 Å². The van der Waals surface area contributed by atoms with Crippen LogP contribution in [0.1, 0.15) is 17.2 Å². The Hall–Kier alpha value is -1.74. The molecule has 1 nitrogen and oxygen atoms in total. The lowest BCUT2D eigenvalue weighted by Crippen LogP contribution is -2.04. The minimum absolute atomic E-state index is 0.193. The largest absolute Gasteiger partial charge is 0.388 e. The summed E-state index contributed by atoms with van der Waals surface area (Å²) in [5.41, 5.74) is 0.873. The van der Waals surface area contributed by atoms with Gasteiger partial charge in [-0.15, -0.1) is 0 Å². The number of rotatable bonds is 3. The van der Waals surface area contributed by atoms with Crippen LogP contribution in [0.15, 0.2) is 48.5 Å². The molecule has 2 aromatic rings. The second kappa shape index (κ2) is 5.06. The molecule has 2 aromatic carbocycles. The second-order valence-corrected chi connectivity index (χ2v) is 3.87. The Morgan fingerprint density at radius 1 is 1.00 bits per heavy atom. The summed E-state index contributed by atoms with van der Waals surface area (Å²) in [5.74, 6) is -0.806. The zero-order chi connectivity index (χ0) is 12.3. The van der Waals surface area contributed by atoms with Gasteiger partial charge in [-0.1, -0.05) is 30.3 Å². The molecule has 0 amide bonds. The summed E-state index contributed by atoms with van der Waals surface area (Å²) in [6.45, 7) is 0. The van der Waals surface area contributed by atoms with Gasteiger partial charge in [0.2, 0.25) is 0 Å². The van der Waals surface area contributed by atoms with Crippen molar-refractivity contribution in [2.75, 3.05) is 0 Å². The van der Waals surface area contributed by atoms with E-state index in [1.54, 1.807) is 24.3 Å². The molecule has 17 heavy (non-hydrogen) atoms. The number of hydrogen-bond donors (Lipinski definition) is 1. The fraction of sp³-hybridized carbons (Fsp3) is 0.143. The van der Waals surface area contributed by atoms with E-state index < -0.39 is 11.9 Å². The third kappa shape index (κ3) is 2.88. The van der Waals surface area contributed by atoms with Crippen molar-refractivity contribution in [1.82, 2.24) is 0 Å². The van der Waals surface area contributed by atoms with Crippen molar-refractivity contribution >= 4 is 0 Å². The van der Waals surface area contributed by atoms with Gasteiger partial charge in [-0.3, -0.25) is 0 Å². The first-order valence-corrected chi connectivity index (χ1v) is 5.34. The molecule has 2 rings (SSSR count). The topological polar surface area (TPSA) is 20.2 Å². The van der Waals surface area contributed by atoms with Crippen LogP contribution in [0.4, 0.5) is 8.78 Å². The predicted molar refractivity (Wildman–Crippen MR) is 61.5 cm³/mol. The zero-order valence-corrected chi connectivity index (χ0v) is 9.11. The lowest BCUT2D eigenvalue weighted by Gasteiger charge is -2.11. The minimum atomic E-state index is -0.960. The molecule has 1 N–H and O–H groups in total. The molecule has 0 spiro atoms. The number of hydrogen-bond acceptors (Lipinski definition) is 1. The average Bonchev–Trinajstić information content (AvgIpc) is 2.29. The molecule has 0 heterocycles. The van der Waals surface area contributed by atoms with Gasteiger partial charge in [0, 0.05) is 12.0 Å². The van der Waals surface area contributed by atoms with Gasteiger partial charge in [0.05, 0.1) is 6.10 Å². The monoisotopic (exact) mass is 234 g/mol. The first kappa shape index (κ1) is 11.7. The van der Waals surface area contributed by atoms with Crippen molar-refractivity contribution in [3.8, 4) is 0 Å². The molecule has 0 saturated carbocycles. The highest BCUT2D eigenvalue weighted by molar-refractivity contribution is 5.24. The SMILES string of the molecule is OC(Cc1cccc(F)c1)c1ccccc1F. The van der Waals surface area contributed by atoms with E-state index in [0.29, 0.717) is 5.56 Å². The molecule has 0 radical (unpaired) electrons. The summed E-state index contributed by atoms with van der Waals surface area (Å²) < 4.78 is 26.3. The maximum Gasteiger partial charge on any atom is 0.129 e. The number of benzene rings is 2. The van der Waals surface area contributed by atoms with Gasteiger partial charge in [-0.05, 0) is 23.8 Å². The Morgan fingerprint density at radius 2 is 1.76 bits per heavy atom. The lowest BCUT2D eigenvalue weighted by molar-refractivity contribution is 0.173. The van der Waals surface area contributed by atoms with E-state index in [1.165, 1.54) is 24.3 Å². The van der Waals surface area contributed by atoms with Crippen molar-refractivity contribution in [3.63, 3.8) is 0 Å². The summed E-state index contributed by atoms with van der Waals surface area (Å²) >= 11 is 0. The molecule has 88 valence electrons. The standard InChI is InChI=1S/C14H12F2O/c15-11-5-3-4-10(8-11)9-14(17)12-6-1-2-7-13(12)16/h1-8,14,17H,9H2. The van der Waals surface area contributed by atoms with Gasteiger partial charge < -0.3 is 5.11 Å². The Morgan fingerprint density at radius 3 is 2.47 bits per heavy atom. The quantitative estimate of drug-likeness (QED) is 0.864. The van der Waals surface area contributed by atoms with Gasteiger partial charge in [0.15, 0.2) is 0 Å². The van der Waals surface area contributed by atoms with Crippen LogP contribution < -0.4 is 0 Å². The summed E-state index contributed by atoms with van der Waals surface area (Å²) in [6, 6.07) is 12.0. The number of halogens is 2. The maximum absolute atomic E-state index is 13.4. The van der Waals surface area contributed by atoms with Crippen LogP contribution in [-0.4, -0.2) is 5.11 Å². The van der Waals surface area contributed by atoms with E-state index >= 15 is 0 Å². The number of aliphatic hydroxyl groups is 1. The third-order valence-electron chi connectivity index (χ3n) is 2.58. The Kier molecular flexibility index (Phi) is 3.49. The highest BCUT2D eigenvalue weighted by Gasteiger charge is 2.12. The molecule has 1 atom stereocenters. The van der Waals surface area contributed by atoms with Crippen LogP contribution >= 0.6 is 0 Å². The summed E-state index contributed by atoms with van der Waals surface area (Å²) in [4.78, 5) is 0. The lowest BCUT2D eigenvalue weighted by atomic mass is 10.0. The van der Waals surface area contributed by atoms with E-state index in [-0.39, 0.29) is 17.8 Å². The van der Waals surface area contributed by atoms with Gasteiger partial charge in [0.25, 0.3) is 0 Å². The molecule has 0 aliphatic rings.